The van der Waals surface area contributed by atoms with E-state index < -0.39 is 0 Å². The predicted molar refractivity (Wildman–Crippen MR) is 79.5 cm³/mol. The second-order valence-corrected chi connectivity index (χ2v) is 5.17. The number of nitrogens with one attached hydrogen (secondary N) is 2. The van der Waals surface area contributed by atoms with Crippen LogP contribution < -0.4 is 10.9 Å². The van der Waals surface area contributed by atoms with E-state index in [0.717, 1.165) is 18.8 Å². The van der Waals surface area contributed by atoms with Crippen molar-refractivity contribution < 1.29 is 9.53 Å². The van der Waals surface area contributed by atoms with Gasteiger partial charge in [0.05, 0.1) is 11.6 Å². The first-order chi connectivity index (χ1) is 10.7. The maximum absolute atomic E-state index is 12.3. The number of aryl methyl sites for hydroxylation is 1. The average molecular weight is 302 g/mol. The molecule has 1 aliphatic rings. The van der Waals surface area contributed by atoms with Crippen LogP contribution in [0.1, 0.15) is 35.6 Å². The maximum Gasteiger partial charge on any atom is 0.253 e. The number of rotatable bonds is 4. The monoisotopic (exact) mass is 302 g/mol. The minimum absolute atomic E-state index is 0.132. The zero-order chi connectivity index (χ0) is 15.5. The lowest BCUT2D eigenvalue weighted by atomic mass is 10.1. The van der Waals surface area contributed by atoms with Gasteiger partial charge in [0.1, 0.15) is 11.9 Å². The van der Waals surface area contributed by atoms with E-state index in [-0.39, 0.29) is 23.6 Å². The first kappa shape index (κ1) is 14.5. The average Bonchev–Trinajstić information content (AvgIpc) is 3.15. The fourth-order valence-corrected chi connectivity index (χ4v) is 2.64. The van der Waals surface area contributed by atoms with Crippen LogP contribution in [-0.4, -0.2) is 33.1 Å². The van der Waals surface area contributed by atoms with Crippen LogP contribution in [0.4, 0.5) is 0 Å². The normalized spacial score (nSPS) is 21.0. The standard InChI is InChI=1S/C15H18N4O3/c1-2-19-7-6-16-14(19)13-11(5-8-22-13)18-15(21)10-3-4-12(20)17-9-10/h3-4,6-7,9,11,13H,2,5,8H2,1H3,(H,17,20)(H,18,21)/t11-,13-/m0/s1. The second kappa shape index (κ2) is 6.15. The van der Waals surface area contributed by atoms with Gasteiger partial charge in [-0.05, 0) is 19.4 Å². The summed E-state index contributed by atoms with van der Waals surface area (Å²) in [5, 5.41) is 2.96. The second-order valence-electron chi connectivity index (χ2n) is 5.17. The fraction of sp³-hybridized carbons (Fsp3) is 0.400. The van der Waals surface area contributed by atoms with Gasteiger partial charge in [-0.25, -0.2) is 4.98 Å². The molecule has 1 saturated heterocycles. The van der Waals surface area contributed by atoms with Crippen LogP contribution in [0.5, 0.6) is 0 Å². The number of aromatic nitrogens is 3. The minimum atomic E-state index is -0.248. The zero-order valence-corrected chi connectivity index (χ0v) is 12.3. The number of H-pyrrole nitrogens is 1. The van der Waals surface area contributed by atoms with Crippen molar-refractivity contribution in [2.45, 2.75) is 32.0 Å². The van der Waals surface area contributed by atoms with Gasteiger partial charge >= 0.3 is 0 Å². The van der Waals surface area contributed by atoms with Crippen LogP contribution in [-0.2, 0) is 11.3 Å². The Kier molecular flexibility index (Phi) is 4.06. The van der Waals surface area contributed by atoms with Gasteiger partial charge in [0.25, 0.3) is 5.91 Å². The molecule has 0 saturated carbocycles. The van der Waals surface area contributed by atoms with E-state index in [4.69, 9.17) is 4.74 Å². The van der Waals surface area contributed by atoms with E-state index >= 15 is 0 Å². The molecule has 22 heavy (non-hydrogen) atoms. The Balaban J connectivity index is 1.75. The summed E-state index contributed by atoms with van der Waals surface area (Å²) >= 11 is 0. The highest BCUT2D eigenvalue weighted by Gasteiger charge is 2.33. The topological polar surface area (TPSA) is 89.0 Å². The van der Waals surface area contributed by atoms with E-state index in [9.17, 15) is 9.59 Å². The van der Waals surface area contributed by atoms with Crippen molar-refractivity contribution in [2.75, 3.05) is 6.61 Å². The molecule has 2 atom stereocenters. The Hall–Kier alpha value is -2.41. The van der Waals surface area contributed by atoms with Crippen LogP contribution in [0.3, 0.4) is 0 Å². The molecule has 7 heteroatoms. The Labute approximate surface area is 127 Å². The van der Waals surface area contributed by atoms with Gasteiger partial charge in [-0.3, -0.25) is 9.59 Å². The molecule has 2 N–H and O–H groups in total. The zero-order valence-electron chi connectivity index (χ0n) is 12.3. The van der Waals surface area contributed by atoms with Crippen molar-refractivity contribution >= 4 is 5.91 Å². The number of pyridine rings is 1. The number of ether oxygens (including phenoxy) is 1. The molecule has 3 heterocycles. The summed E-state index contributed by atoms with van der Waals surface area (Å²) in [5.41, 5.74) is 0.188. The molecule has 1 fully saturated rings. The van der Waals surface area contributed by atoms with Gasteiger partial charge < -0.3 is 19.6 Å². The summed E-state index contributed by atoms with van der Waals surface area (Å²) in [4.78, 5) is 30.2. The number of carbonyl (C=O) groups is 1. The molecule has 0 aliphatic carbocycles. The van der Waals surface area contributed by atoms with E-state index in [1.807, 2.05) is 17.7 Å². The van der Waals surface area contributed by atoms with Crippen LogP contribution >= 0.6 is 0 Å². The summed E-state index contributed by atoms with van der Waals surface area (Å²) in [6.07, 6.45) is 5.53. The summed E-state index contributed by atoms with van der Waals surface area (Å²) < 4.78 is 7.76. The Morgan fingerprint density at radius 2 is 2.41 bits per heavy atom. The summed E-state index contributed by atoms with van der Waals surface area (Å²) in [6, 6.07) is 2.71. The summed E-state index contributed by atoms with van der Waals surface area (Å²) in [7, 11) is 0. The SMILES string of the molecule is CCn1ccnc1[C@H]1OCC[C@@H]1NC(=O)c1ccc(=O)[nH]c1. The molecule has 0 unspecified atom stereocenters. The summed E-state index contributed by atoms with van der Waals surface area (Å²) in [5.74, 6) is 0.595. The molecule has 0 radical (unpaired) electrons. The maximum atomic E-state index is 12.3. The number of hydrogen-bond donors (Lipinski definition) is 2. The molecular formula is C15H18N4O3. The predicted octanol–water partition coefficient (Wildman–Crippen LogP) is 0.851. The number of nitrogens with zero attached hydrogens (tertiary/aromatic N) is 2. The highest BCUT2D eigenvalue weighted by molar-refractivity contribution is 5.94. The van der Waals surface area contributed by atoms with Crippen molar-refractivity contribution in [1.29, 1.82) is 0 Å². The van der Waals surface area contributed by atoms with Gasteiger partial charge in [-0.15, -0.1) is 0 Å². The van der Waals surface area contributed by atoms with Gasteiger partial charge in [-0.1, -0.05) is 0 Å². The molecule has 1 aliphatic heterocycles. The molecule has 2 aromatic rings. The molecular weight excluding hydrogens is 284 g/mol. The number of amides is 1. The third kappa shape index (κ3) is 2.80. The van der Waals surface area contributed by atoms with E-state index in [1.54, 1.807) is 6.20 Å². The molecule has 7 nitrogen and oxygen atoms in total. The largest absolute Gasteiger partial charge is 0.368 e. The van der Waals surface area contributed by atoms with Crippen LogP contribution in [0.2, 0.25) is 0 Å². The van der Waals surface area contributed by atoms with E-state index in [1.165, 1.54) is 18.3 Å². The van der Waals surface area contributed by atoms with Crippen LogP contribution in [0.25, 0.3) is 0 Å². The number of aromatic amines is 1. The lowest BCUT2D eigenvalue weighted by molar-refractivity contribution is 0.0775. The number of hydrogen-bond acceptors (Lipinski definition) is 4. The van der Waals surface area contributed by atoms with Crippen LogP contribution in [0.15, 0.2) is 35.5 Å². The van der Waals surface area contributed by atoms with Crippen LogP contribution in [0, 0.1) is 0 Å². The lowest BCUT2D eigenvalue weighted by Crippen LogP contribution is -2.37. The van der Waals surface area contributed by atoms with Crippen molar-refractivity contribution in [1.82, 2.24) is 19.9 Å². The first-order valence-corrected chi connectivity index (χ1v) is 7.31. The van der Waals surface area contributed by atoms with Crippen molar-refractivity contribution in [2.24, 2.45) is 0 Å². The Morgan fingerprint density at radius 3 is 3.14 bits per heavy atom. The highest BCUT2D eigenvalue weighted by Crippen LogP contribution is 2.28. The molecule has 2 aromatic heterocycles. The molecule has 1 amide bonds. The quantitative estimate of drug-likeness (QED) is 0.876. The van der Waals surface area contributed by atoms with Crippen molar-refractivity contribution in [3.05, 3.63) is 52.5 Å². The Bertz CT molecular complexity index is 701. The van der Waals surface area contributed by atoms with Crippen molar-refractivity contribution in [3.8, 4) is 0 Å². The minimum Gasteiger partial charge on any atom is -0.368 e. The molecule has 0 spiro atoms. The third-order valence-electron chi connectivity index (χ3n) is 3.80. The van der Waals surface area contributed by atoms with E-state index in [2.05, 4.69) is 15.3 Å². The molecule has 0 bridgehead atoms. The van der Waals surface area contributed by atoms with Gasteiger partial charge in [0, 0.05) is 37.8 Å². The first-order valence-electron chi connectivity index (χ1n) is 7.31. The molecule has 116 valence electrons. The lowest BCUT2D eigenvalue weighted by Gasteiger charge is -2.20. The number of imidazole rings is 1. The smallest absolute Gasteiger partial charge is 0.253 e. The summed E-state index contributed by atoms with van der Waals surface area (Å²) in [6.45, 7) is 3.42. The Morgan fingerprint density at radius 1 is 1.55 bits per heavy atom. The number of carbonyl (C=O) groups excluding carboxylic acids is 1. The van der Waals surface area contributed by atoms with E-state index in [0.29, 0.717) is 12.2 Å². The molecule has 3 rings (SSSR count). The van der Waals surface area contributed by atoms with Crippen molar-refractivity contribution in [3.63, 3.8) is 0 Å². The molecule has 0 aromatic carbocycles. The third-order valence-corrected chi connectivity index (χ3v) is 3.80. The van der Waals surface area contributed by atoms with Gasteiger partial charge in [0.15, 0.2) is 0 Å². The highest BCUT2D eigenvalue weighted by atomic mass is 16.5. The fourth-order valence-electron chi connectivity index (χ4n) is 2.64. The van der Waals surface area contributed by atoms with Gasteiger partial charge in [0.2, 0.25) is 5.56 Å². The van der Waals surface area contributed by atoms with Gasteiger partial charge in [-0.2, -0.15) is 0 Å².